The molecule has 0 aromatic heterocycles. The molecule has 0 amide bonds. The minimum atomic E-state index is -0.631. The smallest absolute Gasteiger partial charge is 0.0777 e. The fourth-order valence-electron chi connectivity index (χ4n) is 2.60. The van der Waals surface area contributed by atoms with Crippen LogP contribution in [0.3, 0.4) is 0 Å². The maximum atomic E-state index is 10.5. The van der Waals surface area contributed by atoms with Gasteiger partial charge in [0.15, 0.2) is 0 Å². The molecule has 3 heteroatoms. The summed E-state index contributed by atoms with van der Waals surface area (Å²) < 4.78 is 4.98. The van der Waals surface area contributed by atoms with Gasteiger partial charge in [-0.25, -0.2) is 0 Å². The van der Waals surface area contributed by atoms with Gasteiger partial charge in [-0.2, -0.15) is 0 Å². The lowest BCUT2D eigenvalue weighted by Crippen LogP contribution is -2.41. The highest BCUT2D eigenvalue weighted by Gasteiger charge is 2.49. The molecule has 0 aliphatic heterocycles. The summed E-state index contributed by atoms with van der Waals surface area (Å²) >= 11 is 0. The Kier molecular flexibility index (Phi) is 4.38. The van der Waals surface area contributed by atoms with Gasteiger partial charge in [0.2, 0.25) is 0 Å². The highest BCUT2D eigenvalue weighted by atomic mass is 16.5. The maximum absolute atomic E-state index is 10.5. The van der Waals surface area contributed by atoms with Crippen molar-refractivity contribution in [3.05, 3.63) is 35.9 Å². The number of hydrogen-bond acceptors (Lipinski definition) is 3. The van der Waals surface area contributed by atoms with Crippen LogP contribution in [0.5, 0.6) is 0 Å². The van der Waals surface area contributed by atoms with E-state index in [4.69, 9.17) is 4.74 Å². The van der Waals surface area contributed by atoms with Crippen LogP contribution < -0.4 is 5.32 Å². The molecule has 0 saturated heterocycles. The molecule has 1 aliphatic rings. The molecule has 1 aliphatic carbocycles. The Morgan fingerprint density at radius 2 is 2.11 bits per heavy atom. The van der Waals surface area contributed by atoms with Crippen LogP contribution in [-0.2, 0) is 4.74 Å². The van der Waals surface area contributed by atoms with Crippen LogP contribution in [0, 0.1) is 5.92 Å². The minimum Gasteiger partial charge on any atom is -0.389 e. The van der Waals surface area contributed by atoms with Crippen LogP contribution in [0.25, 0.3) is 0 Å². The molecule has 0 bridgehead atoms. The van der Waals surface area contributed by atoms with E-state index < -0.39 is 5.60 Å². The lowest BCUT2D eigenvalue weighted by Gasteiger charge is -2.24. The van der Waals surface area contributed by atoms with Crippen molar-refractivity contribution in [3.63, 3.8) is 0 Å². The maximum Gasteiger partial charge on any atom is 0.0777 e. The zero-order valence-electron chi connectivity index (χ0n) is 11.2. The monoisotopic (exact) mass is 249 g/mol. The molecule has 3 nitrogen and oxygen atoms in total. The molecule has 0 heterocycles. The Labute approximate surface area is 109 Å². The Bertz CT molecular complexity index is 364. The van der Waals surface area contributed by atoms with E-state index in [1.165, 1.54) is 5.56 Å². The van der Waals surface area contributed by atoms with Gasteiger partial charge in [-0.05, 0) is 30.7 Å². The molecule has 100 valence electrons. The van der Waals surface area contributed by atoms with Crippen LogP contribution in [0.4, 0.5) is 0 Å². The predicted octanol–water partition coefficient (Wildman–Crippen LogP) is 1.78. The molecule has 1 saturated carbocycles. The zero-order chi connectivity index (χ0) is 13.0. The Morgan fingerprint density at radius 3 is 2.78 bits per heavy atom. The number of ether oxygens (including phenoxy) is 1. The number of nitrogens with one attached hydrogen (secondary N) is 1. The van der Waals surface area contributed by atoms with E-state index >= 15 is 0 Å². The van der Waals surface area contributed by atoms with Gasteiger partial charge in [0.25, 0.3) is 0 Å². The van der Waals surface area contributed by atoms with Crippen LogP contribution in [-0.4, -0.2) is 37.5 Å². The molecular weight excluding hydrogens is 226 g/mol. The first-order valence-corrected chi connectivity index (χ1v) is 6.62. The van der Waals surface area contributed by atoms with E-state index in [0.717, 1.165) is 13.0 Å². The summed E-state index contributed by atoms with van der Waals surface area (Å²) in [6.45, 7) is 4.03. The van der Waals surface area contributed by atoms with Crippen LogP contribution in [0.2, 0.25) is 0 Å². The zero-order valence-corrected chi connectivity index (χ0v) is 11.2. The molecule has 1 aromatic carbocycles. The van der Waals surface area contributed by atoms with Crippen molar-refractivity contribution in [3.8, 4) is 0 Å². The summed E-state index contributed by atoms with van der Waals surface area (Å²) in [7, 11) is 1.69. The first kappa shape index (κ1) is 13.5. The van der Waals surface area contributed by atoms with Crippen molar-refractivity contribution >= 4 is 0 Å². The SMILES string of the molecule is COCCNCC(C)(O)C1CC1c1ccccc1. The quantitative estimate of drug-likeness (QED) is 0.724. The molecule has 18 heavy (non-hydrogen) atoms. The van der Waals surface area contributed by atoms with Crippen molar-refractivity contribution in [2.75, 3.05) is 26.8 Å². The Morgan fingerprint density at radius 1 is 1.39 bits per heavy atom. The molecule has 0 spiro atoms. The normalized spacial score (nSPS) is 25.7. The summed E-state index contributed by atoms with van der Waals surface area (Å²) in [5, 5.41) is 13.7. The number of aliphatic hydroxyl groups is 1. The average Bonchev–Trinajstić information content (AvgIpc) is 3.17. The topological polar surface area (TPSA) is 41.5 Å². The molecule has 1 fully saturated rings. The summed E-state index contributed by atoms with van der Waals surface area (Å²) in [4.78, 5) is 0. The van der Waals surface area contributed by atoms with Crippen molar-refractivity contribution in [2.45, 2.75) is 24.9 Å². The molecule has 3 atom stereocenters. The second-order valence-electron chi connectivity index (χ2n) is 5.39. The van der Waals surface area contributed by atoms with Gasteiger partial charge in [-0.1, -0.05) is 30.3 Å². The number of benzene rings is 1. The van der Waals surface area contributed by atoms with Crippen molar-refractivity contribution < 1.29 is 9.84 Å². The van der Waals surface area contributed by atoms with Crippen LogP contribution >= 0.6 is 0 Å². The molecule has 0 radical (unpaired) electrons. The fourth-order valence-corrected chi connectivity index (χ4v) is 2.60. The summed E-state index contributed by atoms with van der Waals surface area (Å²) in [6.07, 6.45) is 1.09. The number of hydrogen-bond donors (Lipinski definition) is 2. The van der Waals surface area contributed by atoms with Crippen molar-refractivity contribution in [1.29, 1.82) is 0 Å². The van der Waals surface area contributed by atoms with Gasteiger partial charge < -0.3 is 15.2 Å². The average molecular weight is 249 g/mol. The van der Waals surface area contributed by atoms with E-state index in [0.29, 0.717) is 25.0 Å². The minimum absolute atomic E-state index is 0.370. The fraction of sp³-hybridized carbons (Fsp3) is 0.600. The third kappa shape index (κ3) is 3.31. The van der Waals surface area contributed by atoms with Gasteiger partial charge in [0, 0.05) is 20.2 Å². The lowest BCUT2D eigenvalue weighted by molar-refractivity contribution is 0.0335. The van der Waals surface area contributed by atoms with Crippen LogP contribution in [0.1, 0.15) is 24.8 Å². The van der Waals surface area contributed by atoms with Crippen LogP contribution in [0.15, 0.2) is 30.3 Å². The molecule has 2 N–H and O–H groups in total. The van der Waals surface area contributed by atoms with E-state index in [1.807, 2.05) is 13.0 Å². The predicted molar refractivity (Wildman–Crippen MR) is 72.7 cm³/mol. The standard InChI is InChI=1S/C15H23NO2/c1-15(17,11-16-8-9-18-2)14-10-13(14)12-6-4-3-5-7-12/h3-7,13-14,16-17H,8-11H2,1-2H3. The highest BCUT2D eigenvalue weighted by molar-refractivity contribution is 5.27. The largest absolute Gasteiger partial charge is 0.389 e. The van der Waals surface area contributed by atoms with E-state index in [1.54, 1.807) is 7.11 Å². The molecule has 1 aromatic rings. The van der Waals surface area contributed by atoms with E-state index in [-0.39, 0.29) is 0 Å². The third-order valence-electron chi connectivity index (χ3n) is 3.78. The third-order valence-corrected chi connectivity index (χ3v) is 3.78. The van der Waals surface area contributed by atoms with Crippen molar-refractivity contribution in [2.24, 2.45) is 5.92 Å². The van der Waals surface area contributed by atoms with Gasteiger partial charge in [0.1, 0.15) is 0 Å². The van der Waals surface area contributed by atoms with Crippen molar-refractivity contribution in [1.82, 2.24) is 5.32 Å². The highest BCUT2D eigenvalue weighted by Crippen LogP contribution is 2.53. The number of rotatable bonds is 7. The Hall–Kier alpha value is -0.900. The summed E-state index contributed by atoms with van der Waals surface area (Å²) in [5.74, 6) is 0.889. The molecule has 2 rings (SSSR count). The second kappa shape index (κ2) is 5.83. The Balaban J connectivity index is 1.82. The van der Waals surface area contributed by atoms with Gasteiger partial charge >= 0.3 is 0 Å². The lowest BCUT2D eigenvalue weighted by atomic mass is 9.96. The summed E-state index contributed by atoms with van der Waals surface area (Å²) in [5.41, 5.74) is 0.716. The van der Waals surface area contributed by atoms with E-state index in [2.05, 4.69) is 29.6 Å². The summed E-state index contributed by atoms with van der Waals surface area (Å²) in [6, 6.07) is 10.5. The molecule has 3 unspecified atom stereocenters. The first-order valence-electron chi connectivity index (χ1n) is 6.62. The van der Waals surface area contributed by atoms with Gasteiger partial charge in [0.05, 0.1) is 12.2 Å². The molecular formula is C15H23NO2. The van der Waals surface area contributed by atoms with Gasteiger partial charge in [-0.3, -0.25) is 0 Å². The van der Waals surface area contributed by atoms with E-state index in [9.17, 15) is 5.11 Å². The number of methoxy groups -OCH3 is 1. The van der Waals surface area contributed by atoms with Gasteiger partial charge in [-0.15, -0.1) is 0 Å². The first-order chi connectivity index (χ1) is 8.65. The second-order valence-corrected chi connectivity index (χ2v) is 5.39.